The van der Waals surface area contributed by atoms with Gasteiger partial charge in [-0.05, 0) is 29.8 Å². The fraction of sp³-hybridized carbons (Fsp3) is 0.167. The minimum atomic E-state index is 0.457. The van der Waals surface area contributed by atoms with E-state index in [4.69, 9.17) is 4.74 Å². The Hall–Kier alpha value is -4.67. The maximum atomic E-state index is 10.3. The number of morpholine rings is 1. The average Bonchev–Trinajstić information content (AvgIpc) is 3.55. The van der Waals surface area contributed by atoms with E-state index in [-0.39, 0.29) is 0 Å². The first-order valence-electron chi connectivity index (χ1n) is 12.4. The van der Waals surface area contributed by atoms with Crippen molar-refractivity contribution >= 4 is 28.5 Å². The summed E-state index contributed by atoms with van der Waals surface area (Å²) in [5.41, 5.74) is 4.68. The zero-order chi connectivity index (χ0) is 25.0. The molecule has 3 heterocycles. The van der Waals surface area contributed by atoms with Gasteiger partial charge in [-0.1, -0.05) is 66.7 Å². The summed E-state index contributed by atoms with van der Waals surface area (Å²) in [6.07, 6.45) is 4.04. The number of nitrogens with zero attached hydrogens (tertiary/aromatic N) is 6. The van der Waals surface area contributed by atoms with Crippen LogP contribution >= 0.6 is 0 Å². The molecule has 6 rings (SSSR count). The van der Waals surface area contributed by atoms with Crippen molar-refractivity contribution in [2.75, 3.05) is 31.2 Å². The first-order valence-corrected chi connectivity index (χ1v) is 12.4. The predicted molar refractivity (Wildman–Crippen MR) is 145 cm³/mol. The Bertz CT molecular complexity index is 1590. The van der Waals surface area contributed by atoms with Gasteiger partial charge in [0, 0.05) is 42.3 Å². The largest absolute Gasteiger partial charge is 0.378 e. The fourth-order valence-electron chi connectivity index (χ4n) is 4.84. The van der Waals surface area contributed by atoms with E-state index in [9.17, 15) is 5.26 Å². The number of para-hydroxylation sites is 2. The van der Waals surface area contributed by atoms with E-state index >= 15 is 0 Å². The molecule has 7 heteroatoms. The summed E-state index contributed by atoms with van der Waals surface area (Å²) in [5, 5.41) is 20.5. The van der Waals surface area contributed by atoms with Gasteiger partial charge < -0.3 is 14.2 Å². The van der Waals surface area contributed by atoms with Crippen LogP contribution in [0.3, 0.4) is 0 Å². The van der Waals surface area contributed by atoms with Crippen LogP contribution in [-0.4, -0.2) is 45.6 Å². The summed E-state index contributed by atoms with van der Waals surface area (Å²) in [4.78, 5) is 2.16. The highest BCUT2D eigenvalue weighted by atomic mass is 16.5. The van der Waals surface area contributed by atoms with E-state index in [0.717, 1.165) is 47.7 Å². The van der Waals surface area contributed by atoms with E-state index in [2.05, 4.69) is 68.3 Å². The molecule has 3 aromatic carbocycles. The number of anilines is 1. The van der Waals surface area contributed by atoms with E-state index in [0.29, 0.717) is 24.6 Å². The van der Waals surface area contributed by atoms with Crippen LogP contribution in [0.5, 0.6) is 0 Å². The molecule has 1 fully saturated rings. The van der Waals surface area contributed by atoms with Crippen LogP contribution in [0.4, 0.5) is 5.95 Å². The second kappa shape index (κ2) is 10.1. The summed E-state index contributed by atoms with van der Waals surface area (Å²) >= 11 is 0. The Labute approximate surface area is 215 Å². The van der Waals surface area contributed by atoms with Gasteiger partial charge >= 0.3 is 0 Å². The summed E-state index contributed by atoms with van der Waals surface area (Å²) in [7, 11) is 0. The van der Waals surface area contributed by atoms with Crippen LogP contribution in [0.25, 0.3) is 28.2 Å². The van der Waals surface area contributed by atoms with E-state index < -0.39 is 0 Å². The monoisotopic (exact) mass is 486 g/mol. The zero-order valence-corrected chi connectivity index (χ0v) is 20.4. The standard InChI is InChI=1S/C30H26N6O/c31-20-24(19-25-22-35(21-23-9-3-1-4-10-23)28-14-8-7-13-27(25)28)29-32-33-30(34-15-17-37-18-16-34)36(29)26-11-5-2-6-12-26/h1-14,19,22H,15-18,21H2. The van der Waals surface area contributed by atoms with Gasteiger partial charge in [-0.3, -0.25) is 4.57 Å². The second-order valence-corrected chi connectivity index (χ2v) is 8.98. The van der Waals surface area contributed by atoms with E-state index in [1.165, 1.54) is 5.56 Å². The van der Waals surface area contributed by atoms with Crippen molar-refractivity contribution in [1.29, 1.82) is 5.26 Å². The molecule has 2 aromatic heterocycles. The Morgan fingerprint density at radius 3 is 2.35 bits per heavy atom. The predicted octanol–water partition coefficient (Wildman–Crippen LogP) is 5.17. The van der Waals surface area contributed by atoms with Crippen molar-refractivity contribution in [2.45, 2.75) is 6.54 Å². The summed E-state index contributed by atoms with van der Waals surface area (Å²) in [5.74, 6) is 1.24. The third-order valence-corrected chi connectivity index (χ3v) is 6.63. The molecule has 0 atom stereocenters. The molecule has 7 nitrogen and oxygen atoms in total. The lowest BCUT2D eigenvalue weighted by Gasteiger charge is -2.28. The van der Waals surface area contributed by atoms with Gasteiger partial charge in [-0.2, -0.15) is 5.26 Å². The van der Waals surface area contributed by atoms with Crippen LogP contribution in [0.2, 0.25) is 0 Å². The number of fused-ring (bicyclic) bond motifs is 1. The van der Waals surface area contributed by atoms with Gasteiger partial charge in [0.25, 0.3) is 0 Å². The van der Waals surface area contributed by atoms with Crippen LogP contribution in [-0.2, 0) is 11.3 Å². The van der Waals surface area contributed by atoms with E-state index in [1.807, 2.05) is 59.2 Å². The Balaban J connectivity index is 1.47. The number of ether oxygens (including phenoxy) is 1. The maximum absolute atomic E-state index is 10.3. The number of hydrogen-bond donors (Lipinski definition) is 0. The summed E-state index contributed by atoms with van der Waals surface area (Å²) in [6, 6.07) is 31.0. The molecule has 0 spiro atoms. The second-order valence-electron chi connectivity index (χ2n) is 8.98. The molecule has 0 bridgehead atoms. The zero-order valence-electron chi connectivity index (χ0n) is 20.4. The number of nitriles is 1. The normalized spacial score (nSPS) is 14.1. The van der Waals surface area contributed by atoms with Crippen molar-refractivity contribution in [3.8, 4) is 11.8 Å². The Morgan fingerprint density at radius 2 is 1.59 bits per heavy atom. The minimum absolute atomic E-state index is 0.457. The molecule has 37 heavy (non-hydrogen) atoms. The molecular weight excluding hydrogens is 460 g/mol. The lowest BCUT2D eigenvalue weighted by atomic mass is 10.1. The van der Waals surface area contributed by atoms with Gasteiger partial charge in [0.15, 0.2) is 5.82 Å². The molecule has 1 saturated heterocycles. The highest BCUT2D eigenvalue weighted by Gasteiger charge is 2.23. The molecule has 1 aliphatic heterocycles. The third kappa shape index (κ3) is 4.51. The summed E-state index contributed by atoms with van der Waals surface area (Å²) in [6.45, 7) is 3.48. The number of hydrogen-bond acceptors (Lipinski definition) is 5. The van der Waals surface area contributed by atoms with Crippen molar-refractivity contribution in [2.24, 2.45) is 0 Å². The van der Waals surface area contributed by atoms with Crippen LogP contribution in [0, 0.1) is 11.3 Å². The minimum Gasteiger partial charge on any atom is -0.378 e. The highest BCUT2D eigenvalue weighted by Crippen LogP contribution is 2.29. The lowest BCUT2D eigenvalue weighted by Crippen LogP contribution is -2.38. The Kier molecular flexibility index (Phi) is 6.24. The molecule has 0 amide bonds. The van der Waals surface area contributed by atoms with Gasteiger partial charge in [0.1, 0.15) is 6.07 Å². The quantitative estimate of drug-likeness (QED) is 0.310. The summed E-state index contributed by atoms with van der Waals surface area (Å²) < 4.78 is 9.75. The highest BCUT2D eigenvalue weighted by molar-refractivity contribution is 5.97. The van der Waals surface area contributed by atoms with Crippen molar-refractivity contribution in [1.82, 2.24) is 19.3 Å². The number of benzene rings is 3. The topological polar surface area (TPSA) is 71.9 Å². The lowest BCUT2D eigenvalue weighted by molar-refractivity contribution is 0.122. The smallest absolute Gasteiger partial charge is 0.232 e. The van der Waals surface area contributed by atoms with Crippen molar-refractivity contribution < 1.29 is 4.74 Å². The maximum Gasteiger partial charge on any atom is 0.232 e. The van der Waals surface area contributed by atoms with Crippen molar-refractivity contribution in [3.63, 3.8) is 0 Å². The molecule has 1 aliphatic rings. The number of aromatic nitrogens is 4. The van der Waals surface area contributed by atoms with Crippen LogP contribution in [0.15, 0.2) is 91.1 Å². The van der Waals surface area contributed by atoms with Crippen LogP contribution < -0.4 is 4.90 Å². The third-order valence-electron chi connectivity index (χ3n) is 6.63. The van der Waals surface area contributed by atoms with Gasteiger partial charge in [-0.25, -0.2) is 0 Å². The van der Waals surface area contributed by atoms with Crippen LogP contribution in [0.1, 0.15) is 17.0 Å². The molecule has 5 aromatic rings. The fourth-order valence-corrected chi connectivity index (χ4v) is 4.84. The van der Waals surface area contributed by atoms with E-state index in [1.54, 1.807) is 0 Å². The molecular formula is C30H26N6O. The van der Waals surface area contributed by atoms with Gasteiger partial charge in [0.2, 0.25) is 5.95 Å². The first-order chi connectivity index (χ1) is 18.3. The molecule has 0 aliphatic carbocycles. The van der Waals surface area contributed by atoms with Gasteiger partial charge in [-0.15, -0.1) is 10.2 Å². The van der Waals surface area contributed by atoms with Crippen molar-refractivity contribution in [3.05, 3.63) is 108 Å². The first kappa shape index (κ1) is 22.8. The molecule has 0 saturated carbocycles. The Morgan fingerprint density at radius 1 is 0.892 bits per heavy atom. The average molecular weight is 487 g/mol. The molecule has 0 radical (unpaired) electrons. The molecule has 0 N–H and O–H groups in total. The molecule has 182 valence electrons. The van der Waals surface area contributed by atoms with Gasteiger partial charge in [0.05, 0.1) is 24.5 Å². The number of allylic oxidation sites excluding steroid dienone is 1. The number of rotatable bonds is 6. The SMILES string of the molecule is N#CC(=Cc1cn(Cc2ccccc2)c2ccccc12)c1nnc(N2CCOCC2)n1-c1ccccc1. The molecule has 0 unspecified atom stereocenters.